The minimum atomic E-state index is 0.677. The minimum Gasteiger partial charge on any atom is -0.192 e. The molecule has 0 fully saturated rings. The van der Waals surface area contributed by atoms with Crippen molar-refractivity contribution >= 4 is 11.6 Å². The zero-order chi connectivity index (χ0) is 18.9. The molecule has 0 radical (unpaired) electrons. The van der Waals surface area contributed by atoms with Gasteiger partial charge in [-0.25, -0.2) is 0 Å². The van der Waals surface area contributed by atoms with Crippen LogP contribution in [0.4, 0.5) is 0 Å². The van der Waals surface area contributed by atoms with Crippen molar-refractivity contribution in [2.45, 2.75) is 0 Å². The van der Waals surface area contributed by atoms with Gasteiger partial charge in [0.2, 0.25) is 0 Å². The van der Waals surface area contributed by atoms with Gasteiger partial charge < -0.3 is 0 Å². The molecular weight excluding hydrogens is 338 g/mol. The molecule has 130 valence electrons. The van der Waals surface area contributed by atoms with E-state index in [9.17, 15) is 0 Å². The first-order valence-corrected chi connectivity index (χ1v) is 9.35. The third kappa shape index (κ3) is 2.64. The van der Waals surface area contributed by atoms with Crippen LogP contribution in [0.3, 0.4) is 0 Å². The van der Waals surface area contributed by atoms with Crippen molar-refractivity contribution < 1.29 is 0 Å². The normalized spacial score (nSPS) is 11.5. The molecule has 1 nitrogen and oxygen atoms in total. The molecule has 4 aromatic carbocycles. The van der Waals surface area contributed by atoms with Crippen LogP contribution in [0.15, 0.2) is 97.1 Å². The molecular formula is C27H17N. The first-order chi connectivity index (χ1) is 13.8. The van der Waals surface area contributed by atoms with Crippen molar-refractivity contribution in [1.82, 2.24) is 0 Å². The van der Waals surface area contributed by atoms with E-state index in [2.05, 4.69) is 84.9 Å². The average molecular weight is 355 g/mol. The zero-order valence-electron chi connectivity index (χ0n) is 15.3. The fourth-order valence-corrected chi connectivity index (χ4v) is 3.98. The van der Waals surface area contributed by atoms with Gasteiger partial charge in [-0.05, 0) is 62.7 Å². The molecule has 4 aromatic rings. The lowest BCUT2D eigenvalue weighted by atomic mass is 9.91. The molecule has 0 bridgehead atoms. The van der Waals surface area contributed by atoms with Crippen LogP contribution in [0.1, 0.15) is 22.3 Å². The number of nitriles is 1. The monoisotopic (exact) mass is 355 g/mol. The predicted molar refractivity (Wildman–Crippen MR) is 115 cm³/mol. The molecule has 1 heteroatoms. The van der Waals surface area contributed by atoms with Gasteiger partial charge in [0.05, 0.1) is 11.6 Å². The predicted octanol–water partition coefficient (Wildman–Crippen LogP) is 6.79. The topological polar surface area (TPSA) is 23.8 Å². The van der Waals surface area contributed by atoms with Crippen molar-refractivity contribution in [2.24, 2.45) is 0 Å². The molecule has 5 rings (SSSR count). The highest BCUT2D eigenvalue weighted by molar-refractivity contribution is 6.06. The van der Waals surface area contributed by atoms with E-state index in [1.807, 2.05) is 24.3 Å². The second-order valence-electron chi connectivity index (χ2n) is 6.93. The Hall–Kier alpha value is -3.89. The van der Waals surface area contributed by atoms with Crippen molar-refractivity contribution in [2.75, 3.05) is 0 Å². The Kier molecular flexibility index (Phi) is 3.89. The first-order valence-electron chi connectivity index (χ1n) is 9.35. The van der Waals surface area contributed by atoms with Crippen LogP contribution < -0.4 is 0 Å². The molecule has 0 amide bonds. The summed E-state index contributed by atoms with van der Waals surface area (Å²) < 4.78 is 0. The molecule has 0 heterocycles. The number of rotatable bonds is 1. The summed E-state index contributed by atoms with van der Waals surface area (Å²) in [4.78, 5) is 0. The summed E-state index contributed by atoms with van der Waals surface area (Å²) >= 11 is 0. The molecule has 28 heavy (non-hydrogen) atoms. The molecule has 0 N–H and O–H groups in total. The number of benzene rings is 4. The van der Waals surface area contributed by atoms with Gasteiger partial charge in [-0.3, -0.25) is 0 Å². The Balaban J connectivity index is 1.84. The fraction of sp³-hybridized carbons (Fsp3) is 0. The Morgan fingerprint density at radius 2 is 0.893 bits per heavy atom. The quantitative estimate of drug-likeness (QED) is 0.324. The van der Waals surface area contributed by atoms with E-state index >= 15 is 0 Å². The average Bonchev–Trinajstić information content (AvgIpc) is 2.89. The highest BCUT2D eigenvalue weighted by Gasteiger charge is 2.21. The Bertz CT molecular complexity index is 1190. The van der Waals surface area contributed by atoms with Gasteiger partial charge in [-0.2, -0.15) is 5.26 Å². The summed E-state index contributed by atoms with van der Waals surface area (Å²) in [7, 11) is 0. The summed E-state index contributed by atoms with van der Waals surface area (Å²) in [5.74, 6) is 0. The van der Waals surface area contributed by atoms with Gasteiger partial charge in [0.25, 0.3) is 0 Å². The molecule has 0 spiro atoms. The summed E-state index contributed by atoms with van der Waals surface area (Å²) in [6, 6.07) is 35.8. The molecule has 0 atom stereocenters. The maximum absolute atomic E-state index is 9.08. The van der Waals surface area contributed by atoms with Crippen molar-refractivity contribution in [3.8, 4) is 28.3 Å². The molecule has 0 saturated heterocycles. The molecule has 1 aliphatic rings. The number of hydrogen-bond donors (Lipinski definition) is 0. The van der Waals surface area contributed by atoms with E-state index in [4.69, 9.17) is 5.26 Å². The Labute approximate surface area is 164 Å². The highest BCUT2D eigenvalue weighted by Crippen LogP contribution is 2.45. The van der Waals surface area contributed by atoms with E-state index in [1.54, 1.807) is 0 Å². The van der Waals surface area contributed by atoms with Crippen LogP contribution in [0.2, 0.25) is 0 Å². The second-order valence-corrected chi connectivity index (χ2v) is 6.93. The lowest BCUT2D eigenvalue weighted by Gasteiger charge is -2.12. The minimum absolute atomic E-state index is 0.677. The maximum atomic E-state index is 9.08. The van der Waals surface area contributed by atoms with E-state index in [1.165, 1.54) is 39.0 Å². The van der Waals surface area contributed by atoms with E-state index in [-0.39, 0.29) is 0 Å². The van der Waals surface area contributed by atoms with E-state index < -0.39 is 0 Å². The van der Waals surface area contributed by atoms with Gasteiger partial charge >= 0.3 is 0 Å². The highest BCUT2D eigenvalue weighted by atomic mass is 14.3. The van der Waals surface area contributed by atoms with Gasteiger partial charge in [-0.1, -0.05) is 84.9 Å². The van der Waals surface area contributed by atoms with Crippen LogP contribution in [0.25, 0.3) is 33.9 Å². The molecule has 0 unspecified atom stereocenters. The maximum Gasteiger partial charge on any atom is 0.0991 e. The summed E-state index contributed by atoms with van der Waals surface area (Å²) in [5.41, 5.74) is 10.4. The zero-order valence-corrected chi connectivity index (χ0v) is 15.3. The summed E-state index contributed by atoms with van der Waals surface area (Å²) in [6.45, 7) is 0. The van der Waals surface area contributed by atoms with Crippen LogP contribution in [-0.2, 0) is 0 Å². The Morgan fingerprint density at radius 1 is 0.500 bits per heavy atom. The molecule has 0 aromatic heterocycles. The van der Waals surface area contributed by atoms with E-state index in [0.717, 1.165) is 5.56 Å². The standard InChI is InChI=1S/C27H17N/c28-18-20-15-13-19(14-16-20)17-27-25-11-5-3-9-23(25)21-7-1-2-8-22(21)24-10-4-6-12-26(24)27/h1-17H. The van der Waals surface area contributed by atoms with Gasteiger partial charge in [0.15, 0.2) is 0 Å². The third-order valence-corrected chi connectivity index (χ3v) is 5.29. The van der Waals surface area contributed by atoms with Crippen molar-refractivity contribution in [1.29, 1.82) is 5.26 Å². The van der Waals surface area contributed by atoms with Crippen LogP contribution in [0, 0.1) is 11.3 Å². The van der Waals surface area contributed by atoms with Crippen LogP contribution >= 0.6 is 0 Å². The first kappa shape index (κ1) is 16.3. The number of fused-ring (bicyclic) bond motifs is 5. The molecule has 0 aliphatic heterocycles. The lowest BCUT2D eigenvalue weighted by molar-refractivity contribution is 1.48. The van der Waals surface area contributed by atoms with Gasteiger partial charge in [-0.15, -0.1) is 0 Å². The van der Waals surface area contributed by atoms with Crippen LogP contribution in [-0.4, -0.2) is 0 Å². The molecule has 0 saturated carbocycles. The SMILES string of the molecule is N#Cc1ccc(C=C2c3ccccc3-c3ccccc3-c3ccccc32)cc1. The smallest absolute Gasteiger partial charge is 0.0991 e. The largest absolute Gasteiger partial charge is 0.192 e. The molecule has 1 aliphatic carbocycles. The van der Waals surface area contributed by atoms with Gasteiger partial charge in [0.1, 0.15) is 0 Å². The van der Waals surface area contributed by atoms with Crippen molar-refractivity contribution in [3.05, 3.63) is 119 Å². The fourth-order valence-electron chi connectivity index (χ4n) is 3.98. The second kappa shape index (κ2) is 6.68. The Morgan fingerprint density at radius 3 is 1.32 bits per heavy atom. The van der Waals surface area contributed by atoms with Crippen molar-refractivity contribution in [3.63, 3.8) is 0 Å². The summed E-state index contributed by atoms with van der Waals surface area (Å²) in [5, 5.41) is 9.08. The number of nitrogens with zero attached hydrogens (tertiary/aromatic N) is 1. The third-order valence-electron chi connectivity index (χ3n) is 5.29. The summed E-state index contributed by atoms with van der Waals surface area (Å²) in [6.07, 6.45) is 2.23. The lowest BCUT2D eigenvalue weighted by Crippen LogP contribution is -1.90. The van der Waals surface area contributed by atoms with E-state index in [0.29, 0.717) is 5.56 Å². The van der Waals surface area contributed by atoms with Crippen LogP contribution in [0.5, 0.6) is 0 Å². The van der Waals surface area contributed by atoms with Gasteiger partial charge in [0, 0.05) is 0 Å². The number of hydrogen-bond acceptors (Lipinski definition) is 1.